The Morgan fingerprint density at radius 2 is 1.32 bits per heavy atom. The van der Waals surface area contributed by atoms with E-state index in [0.29, 0.717) is 0 Å². The molecule has 0 saturated carbocycles. The molecule has 0 radical (unpaired) electrons. The first-order valence-electron chi connectivity index (χ1n) is 14.1. The van der Waals surface area contributed by atoms with Crippen LogP contribution < -0.4 is 0 Å². The number of allylic oxidation sites excluding steroid dienone is 6. The van der Waals surface area contributed by atoms with Gasteiger partial charge in [-0.25, -0.2) is 0 Å². The highest BCUT2D eigenvalue weighted by atomic mass is 14.6. The molecule has 0 aromatic heterocycles. The van der Waals surface area contributed by atoms with Gasteiger partial charge in [0, 0.05) is 16.2 Å². The molecule has 4 aromatic carbocycles. The molecule has 38 heavy (non-hydrogen) atoms. The van der Waals surface area contributed by atoms with Crippen LogP contribution in [0.3, 0.4) is 0 Å². The molecule has 4 aliphatic rings. The molecule has 0 N–H and O–H groups in total. The molecule has 0 amide bonds. The van der Waals surface area contributed by atoms with Crippen molar-refractivity contribution in [3.05, 3.63) is 129 Å². The SMILES string of the molecule is CC1=CC2(CC(C)=C1)c1ccc3c(c1-c1ccc4ccccc4c12)C(C)(C)C1=C3C(C)(C)c2ccccc21. The third kappa shape index (κ3) is 2.43. The molecule has 0 bridgehead atoms. The molecule has 186 valence electrons. The molecule has 1 spiro atoms. The fourth-order valence-electron chi connectivity index (χ4n) is 8.97. The Balaban J connectivity index is 1.50. The summed E-state index contributed by atoms with van der Waals surface area (Å²) in [7, 11) is 0. The van der Waals surface area contributed by atoms with Gasteiger partial charge in [-0.15, -0.1) is 0 Å². The van der Waals surface area contributed by atoms with Gasteiger partial charge in [0.15, 0.2) is 0 Å². The molecule has 0 heteroatoms. The second-order valence-electron chi connectivity index (χ2n) is 13.2. The maximum absolute atomic E-state index is 2.58. The average Bonchev–Trinajstić information content (AvgIpc) is 3.39. The maximum atomic E-state index is 2.58. The van der Waals surface area contributed by atoms with Crippen LogP contribution in [0.2, 0.25) is 0 Å². The van der Waals surface area contributed by atoms with Crippen molar-refractivity contribution in [3.8, 4) is 11.1 Å². The zero-order chi connectivity index (χ0) is 26.2. The summed E-state index contributed by atoms with van der Waals surface area (Å²) in [5.74, 6) is 0. The normalized spacial score (nSPS) is 23.1. The smallest absolute Gasteiger partial charge is 0.0443 e. The highest BCUT2D eigenvalue weighted by Crippen LogP contribution is 2.67. The number of benzene rings is 4. The van der Waals surface area contributed by atoms with Gasteiger partial charge >= 0.3 is 0 Å². The predicted octanol–water partition coefficient (Wildman–Crippen LogP) is 9.90. The molecule has 0 nitrogen and oxygen atoms in total. The van der Waals surface area contributed by atoms with Crippen LogP contribution in [-0.2, 0) is 16.2 Å². The van der Waals surface area contributed by atoms with Crippen molar-refractivity contribution in [3.63, 3.8) is 0 Å². The maximum Gasteiger partial charge on any atom is 0.0443 e. The number of rotatable bonds is 0. The molecule has 0 fully saturated rings. The highest BCUT2D eigenvalue weighted by molar-refractivity contribution is 6.12. The standard InChI is InChI=1S/C38H34/c1-22-19-23(2)21-38(20-22)30-18-17-28-33(31(30)27-16-15-24-11-7-8-12-25(24)32(27)38)37(5,6)34-26-13-9-10-14-29(26)36(3,4)35(28)34/h7-20H,21H2,1-6H3. The largest absolute Gasteiger partial charge is 0.0715 e. The van der Waals surface area contributed by atoms with E-state index in [9.17, 15) is 0 Å². The minimum absolute atomic E-state index is 0.00809. The van der Waals surface area contributed by atoms with E-state index in [1.165, 1.54) is 77.6 Å². The topological polar surface area (TPSA) is 0 Å². The van der Waals surface area contributed by atoms with Crippen molar-refractivity contribution >= 4 is 21.9 Å². The van der Waals surface area contributed by atoms with Crippen LogP contribution in [0.1, 0.15) is 81.3 Å². The second kappa shape index (κ2) is 6.86. The third-order valence-electron chi connectivity index (χ3n) is 10.1. The molecule has 4 aliphatic carbocycles. The number of hydrogen-bond donors (Lipinski definition) is 0. The lowest BCUT2D eigenvalue weighted by molar-refractivity contribution is 0.638. The summed E-state index contributed by atoms with van der Waals surface area (Å²) in [5.41, 5.74) is 17.6. The summed E-state index contributed by atoms with van der Waals surface area (Å²) in [6.45, 7) is 14.4. The van der Waals surface area contributed by atoms with E-state index in [0.717, 1.165) is 6.42 Å². The summed E-state index contributed by atoms with van der Waals surface area (Å²) in [4.78, 5) is 0. The molecular formula is C38H34. The molecular weight excluding hydrogens is 456 g/mol. The van der Waals surface area contributed by atoms with Gasteiger partial charge in [0.2, 0.25) is 0 Å². The van der Waals surface area contributed by atoms with E-state index in [2.05, 4.69) is 126 Å². The minimum Gasteiger partial charge on any atom is -0.0715 e. The first kappa shape index (κ1) is 22.4. The second-order valence-corrected chi connectivity index (χ2v) is 13.2. The van der Waals surface area contributed by atoms with Gasteiger partial charge in [-0.05, 0) is 86.7 Å². The third-order valence-corrected chi connectivity index (χ3v) is 10.1. The van der Waals surface area contributed by atoms with Gasteiger partial charge in [0.1, 0.15) is 0 Å². The molecule has 8 rings (SSSR count). The van der Waals surface area contributed by atoms with Crippen LogP contribution in [0.4, 0.5) is 0 Å². The van der Waals surface area contributed by atoms with E-state index in [1.807, 2.05) is 0 Å². The Hall–Kier alpha value is -3.64. The Bertz CT molecular complexity index is 1850. The van der Waals surface area contributed by atoms with Crippen LogP contribution in [0.5, 0.6) is 0 Å². The van der Waals surface area contributed by atoms with Crippen LogP contribution >= 0.6 is 0 Å². The Morgan fingerprint density at radius 1 is 0.605 bits per heavy atom. The Morgan fingerprint density at radius 3 is 2.13 bits per heavy atom. The lowest BCUT2D eigenvalue weighted by Gasteiger charge is -2.35. The van der Waals surface area contributed by atoms with Crippen molar-refractivity contribution < 1.29 is 0 Å². The number of fused-ring (bicyclic) bond motifs is 12. The fraction of sp³-hybridized carbons (Fsp3) is 0.263. The average molecular weight is 491 g/mol. The quantitative estimate of drug-likeness (QED) is 0.230. The monoisotopic (exact) mass is 490 g/mol. The van der Waals surface area contributed by atoms with Gasteiger partial charge in [0.05, 0.1) is 0 Å². The van der Waals surface area contributed by atoms with E-state index >= 15 is 0 Å². The van der Waals surface area contributed by atoms with E-state index in [-0.39, 0.29) is 16.2 Å². The van der Waals surface area contributed by atoms with Crippen molar-refractivity contribution in [2.45, 2.75) is 64.2 Å². The summed E-state index contributed by atoms with van der Waals surface area (Å²) >= 11 is 0. The lowest BCUT2D eigenvalue weighted by Crippen LogP contribution is -2.26. The van der Waals surface area contributed by atoms with E-state index in [4.69, 9.17) is 0 Å². The lowest BCUT2D eigenvalue weighted by atomic mass is 9.68. The van der Waals surface area contributed by atoms with Crippen LogP contribution in [0, 0.1) is 0 Å². The van der Waals surface area contributed by atoms with E-state index < -0.39 is 0 Å². The first-order valence-corrected chi connectivity index (χ1v) is 14.1. The van der Waals surface area contributed by atoms with Crippen LogP contribution in [0.25, 0.3) is 33.0 Å². The van der Waals surface area contributed by atoms with Gasteiger partial charge in [-0.2, -0.15) is 0 Å². The zero-order valence-electron chi connectivity index (χ0n) is 23.3. The fourth-order valence-corrected chi connectivity index (χ4v) is 8.97. The van der Waals surface area contributed by atoms with Crippen LogP contribution in [-0.4, -0.2) is 0 Å². The summed E-state index contributed by atoms with van der Waals surface area (Å²) in [5, 5.41) is 2.74. The molecule has 1 unspecified atom stereocenters. The first-order chi connectivity index (χ1) is 18.2. The minimum atomic E-state index is -0.125. The van der Waals surface area contributed by atoms with Gasteiger partial charge in [-0.3, -0.25) is 0 Å². The van der Waals surface area contributed by atoms with Crippen molar-refractivity contribution in [2.24, 2.45) is 0 Å². The summed E-state index contributed by atoms with van der Waals surface area (Å²) < 4.78 is 0. The predicted molar refractivity (Wildman–Crippen MR) is 162 cm³/mol. The molecule has 1 atom stereocenters. The molecule has 0 aliphatic heterocycles. The van der Waals surface area contributed by atoms with Gasteiger partial charge < -0.3 is 0 Å². The van der Waals surface area contributed by atoms with Crippen molar-refractivity contribution in [2.75, 3.05) is 0 Å². The van der Waals surface area contributed by atoms with E-state index in [1.54, 1.807) is 0 Å². The summed E-state index contributed by atoms with van der Waals surface area (Å²) in [6, 6.07) is 27.9. The molecule has 0 heterocycles. The molecule has 0 saturated heterocycles. The van der Waals surface area contributed by atoms with Crippen molar-refractivity contribution in [1.82, 2.24) is 0 Å². The molecule has 4 aromatic rings. The Kier molecular flexibility index (Phi) is 4.04. The summed E-state index contributed by atoms with van der Waals surface area (Å²) in [6.07, 6.45) is 5.99. The number of hydrogen-bond acceptors (Lipinski definition) is 0. The van der Waals surface area contributed by atoms with Crippen molar-refractivity contribution in [1.29, 1.82) is 0 Å². The van der Waals surface area contributed by atoms with Gasteiger partial charge in [0.25, 0.3) is 0 Å². The van der Waals surface area contributed by atoms with Crippen LogP contribution in [0.15, 0.2) is 96.1 Å². The zero-order valence-corrected chi connectivity index (χ0v) is 23.3. The Labute approximate surface area is 226 Å². The van der Waals surface area contributed by atoms with Gasteiger partial charge in [-0.1, -0.05) is 124 Å². The highest BCUT2D eigenvalue weighted by Gasteiger charge is 2.53.